The van der Waals surface area contributed by atoms with Gasteiger partial charge in [-0.15, -0.1) is 0 Å². The fourth-order valence-corrected chi connectivity index (χ4v) is 3.38. The zero-order valence-corrected chi connectivity index (χ0v) is 10.7. The topological polar surface area (TPSA) is 20.3 Å². The van der Waals surface area contributed by atoms with E-state index in [2.05, 4.69) is 30.3 Å². The first-order valence-corrected chi connectivity index (χ1v) is 6.81. The van der Waals surface area contributed by atoms with Gasteiger partial charge in [0.15, 0.2) is 0 Å². The van der Waals surface area contributed by atoms with Crippen LogP contribution in [0.1, 0.15) is 33.1 Å². The first-order valence-electron chi connectivity index (χ1n) is 6.81. The molecule has 19 heavy (non-hydrogen) atoms. The van der Waals surface area contributed by atoms with Gasteiger partial charge in [-0.3, -0.25) is 4.79 Å². The van der Waals surface area contributed by atoms with E-state index >= 15 is 0 Å². The van der Waals surface area contributed by atoms with Crippen molar-refractivity contribution < 1.29 is 4.79 Å². The third-order valence-electron chi connectivity index (χ3n) is 4.33. The van der Waals surface area contributed by atoms with Crippen LogP contribution in [0.15, 0.2) is 48.5 Å². The quantitative estimate of drug-likeness (QED) is 0.703. The monoisotopic (exact) mass is 249 g/mol. The average Bonchev–Trinajstić information content (AvgIpc) is 2.47. The summed E-state index contributed by atoms with van der Waals surface area (Å²) in [7, 11) is 0. The summed E-state index contributed by atoms with van der Waals surface area (Å²) in [5, 5.41) is 0. The summed E-state index contributed by atoms with van der Waals surface area (Å²) in [6.07, 6.45) is 1.92. The molecule has 2 aromatic carbocycles. The third kappa shape index (κ3) is 1.53. The minimum absolute atomic E-state index is 0.196. The number of rotatable bonds is 0. The summed E-state index contributed by atoms with van der Waals surface area (Å²) >= 11 is 0. The van der Waals surface area contributed by atoms with E-state index in [0.717, 1.165) is 24.9 Å². The Morgan fingerprint density at radius 3 is 2.58 bits per heavy atom. The summed E-state index contributed by atoms with van der Waals surface area (Å²) in [6.45, 7) is 0.842. The van der Waals surface area contributed by atoms with E-state index in [-0.39, 0.29) is 11.9 Å². The van der Waals surface area contributed by atoms with Gasteiger partial charge in [-0.2, -0.15) is 0 Å². The van der Waals surface area contributed by atoms with Crippen molar-refractivity contribution >= 4 is 5.91 Å². The molecule has 2 heteroatoms. The smallest absolute Gasteiger partial charge is 0.254 e. The summed E-state index contributed by atoms with van der Waals surface area (Å²) in [4.78, 5) is 14.6. The standard InChI is InChI=1S/C17H15NO/c19-17-15-8-4-2-6-13(15)11-16-14-7-3-1-5-12(14)9-10-18(16)17/h1-8,16H,9-11H2/t16-/m0/s1. The first kappa shape index (κ1) is 10.8. The third-order valence-corrected chi connectivity index (χ3v) is 4.33. The van der Waals surface area contributed by atoms with Crippen molar-refractivity contribution in [1.29, 1.82) is 0 Å². The number of hydrogen-bond acceptors (Lipinski definition) is 1. The fraction of sp³-hybridized carbons (Fsp3) is 0.235. The molecule has 0 spiro atoms. The second-order valence-electron chi connectivity index (χ2n) is 5.32. The molecule has 0 saturated heterocycles. The molecule has 0 aliphatic carbocycles. The van der Waals surface area contributed by atoms with Gasteiger partial charge >= 0.3 is 0 Å². The number of carbonyl (C=O) groups is 1. The van der Waals surface area contributed by atoms with Gasteiger partial charge < -0.3 is 4.90 Å². The molecule has 2 heterocycles. The predicted octanol–water partition coefficient (Wildman–Crippen LogP) is 2.98. The number of carbonyl (C=O) groups excluding carboxylic acids is 1. The average molecular weight is 249 g/mol. The maximum atomic E-state index is 12.6. The van der Waals surface area contributed by atoms with E-state index in [1.165, 1.54) is 16.7 Å². The Balaban J connectivity index is 1.85. The van der Waals surface area contributed by atoms with Gasteiger partial charge in [0.25, 0.3) is 5.91 Å². The van der Waals surface area contributed by atoms with Crippen LogP contribution >= 0.6 is 0 Å². The largest absolute Gasteiger partial charge is 0.331 e. The van der Waals surface area contributed by atoms with Crippen LogP contribution in [0.25, 0.3) is 0 Å². The van der Waals surface area contributed by atoms with Crippen LogP contribution < -0.4 is 0 Å². The minimum Gasteiger partial charge on any atom is -0.331 e. The fourth-order valence-electron chi connectivity index (χ4n) is 3.38. The first-order chi connectivity index (χ1) is 9.34. The summed E-state index contributed by atoms with van der Waals surface area (Å²) in [5.41, 5.74) is 4.80. The van der Waals surface area contributed by atoms with E-state index in [1.54, 1.807) is 0 Å². The zero-order chi connectivity index (χ0) is 12.8. The highest BCUT2D eigenvalue weighted by Gasteiger charge is 2.36. The number of fused-ring (bicyclic) bond motifs is 4. The molecule has 0 radical (unpaired) electrons. The van der Waals surface area contributed by atoms with Crippen molar-refractivity contribution in [2.45, 2.75) is 18.9 Å². The van der Waals surface area contributed by atoms with Crippen molar-refractivity contribution in [3.63, 3.8) is 0 Å². The molecule has 0 unspecified atom stereocenters. The van der Waals surface area contributed by atoms with Crippen molar-refractivity contribution in [2.75, 3.05) is 6.54 Å². The second-order valence-corrected chi connectivity index (χ2v) is 5.32. The number of amides is 1. The molecular formula is C17H15NO. The molecule has 2 aromatic rings. The molecular weight excluding hydrogens is 234 g/mol. The normalized spacial score (nSPS) is 20.5. The zero-order valence-electron chi connectivity index (χ0n) is 10.7. The van der Waals surface area contributed by atoms with E-state index in [1.807, 2.05) is 23.1 Å². The Morgan fingerprint density at radius 1 is 0.947 bits per heavy atom. The lowest BCUT2D eigenvalue weighted by molar-refractivity contribution is 0.0632. The predicted molar refractivity (Wildman–Crippen MR) is 74.1 cm³/mol. The van der Waals surface area contributed by atoms with Crippen LogP contribution in [0.3, 0.4) is 0 Å². The van der Waals surface area contributed by atoms with Crippen LogP contribution in [0.2, 0.25) is 0 Å². The molecule has 94 valence electrons. The lowest BCUT2D eigenvalue weighted by atomic mass is 9.84. The van der Waals surface area contributed by atoms with Gasteiger partial charge in [0.1, 0.15) is 0 Å². The highest BCUT2D eigenvalue weighted by molar-refractivity contribution is 5.97. The van der Waals surface area contributed by atoms with Gasteiger partial charge in [-0.1, -0.05) is 42.5 Å². The molecule has 2 aliphatic heterocycles. The summed E-state index contributed by atoms with van der Waals surface area (Å²) in [5.74, 6) is 0.196. The number of benzene rings is 2. The maximum Gasteiger partial charge on any atom is 0.254 e. The van der Waals surface area contributed by atoms with Gasteiger partial charge in [-0.25, -0.2) is 0 Å². The molecule has 1 atom stereocenters. The Labute approximate surface area is 112 Å². The van der Waals surface area contributed by atoms with Crippen LogP contribution in [-0.2, 0) is 12.8 Å². The molecule has 0 saturated carbocycles. The number of hydrogen-bond donors (Lipinski definition) is 0. The van der Waals surface area contributed by atoms with Crippen LogP contribution in [0.4, 0.5) is 0 Å². The van der Waals surface area contributed by atoms with E-state index in [0.29, 0.717) is 0 Å². The molecule has 0 fully saturated rings. The molecule has 2 nitrogen and oxygen atoms in total. The Kier molecular flexibility index (Phi) is 2.25. The van der Waals surface area contributed by atoms with Gasteiger partial charge in [0.2, 0.25) is 0 Å². The van der Waals surface area contributed by atoms with Crippen LogP contribution in [-0.4, -0.2) is 17.4 Å². The Bertz CT molecular complexity index is 662. The summed E-state index contributed by atoms with van der Waals surface area (Å²) < 4.78 is 0. The molecule has 0 bridgehead atoms. The molecule has 0 N–H and O–H groups in total. The van der Waals surface area contributed by atoms with Crippen molar-refractivity contribution in [3.8, 4) is 0 Å². The van der Waals surface area contributed by atoms with Crippen molar-refractivity contribution in [1.82, 2.24) is 4.90 Å². The molecule has 0 aromatic heterocycles. The van der Waals surface area contributed by atoms with Gasteiger partial charge in [-0.05, 0) is 35.6 Å². The van der Waals surface area contributed by atoms with Crippen molar-refractivity contribution in [3.05, 3.63) is 70.8 Å². The van der Waals surface area contributed by atoms with Crippen LogP contribution in [0.5, 0.6) is 0 Å². The molecule has 2 aliphatic rings. The SMILES string of the molecule is O=C1c2ccccc2C[C@H]2c3ccccc3CCN12. The van der Waals surface area contributed by atoms with Crippen molar-refractivity contribution in [2.24, 2.45) is 0 Å². The second kappa shape index (κ2) is 3.95. The number of nitrogens with zero attached hydrogens (tertiary/aromatic N) is 1. The minimum atomic E-state index is 0.196. The van der Waals surface area contributed by atoms with E-state index < -0.39 is 0 Å². The highest BCUT2D eigenvalue weighted by Crippen LogP contribution is 2.37. The summed E-state index contributed by atoms with van der Waals surface area (Å²) in [6, 6.07) is 16.8. The maximum absolute atomic E-state index is 12.6. The molecule has 1 amide bonds. The molecule has 4 rings (SSSR count). The van der Waals surface area contributed by atoms with E-state index in [4.69, 9.17) is 0 Å². The van der Waals surface area contributed by atoms with Crippen LogP contribution in [0, 0.1) is 0 Å². The van der Waals surface area contributed by atoms with E-state index in [9.17, 15) is 4.79 Å². The van der Waals surface area contributed by atoms with Gasteiger partial charge in [0, 0.05) is 12.1 Å². The van der Waals surface area contributed by atoms with Gasteiger partial charge in [0.05, 0.1) is 6.04 Å². The lowest BCUT2D eigenvalue weighted by Crippen LogP contribution is -2.44. The highest BCUT2D eigenvalue weighted by atomic mass is 16.2. The lowest BCUT2D eigenvalue weighted by Gasteiger charge is -2.41. The Hall–Kier alpha value is -2.09. The Morgan fingerprint density at radius 2 is 1.68 bits per heavy atom.